The van der Waals surface area contributed by atoms with Crippen LogP contribution in [-0.2, 0) is 12.0 Å². The van der Waals surface area contributed by atoms with Gasteiger partial charge in [0.15, 0.2) is 5.82 Å². The zero-order valence-electron chi connectivity index (χ0n) is 21.6. The van der Waals surface area contributed by atoms with Crippen molar-refractivity contribution in [1.29, 1.82) is 0 Å². The Kier molecular flexibility index (Phi) is 6.77. The van der Waals surface area contributed by atoms with Gasteiger partial charge in [-0.3, -0.25) is 14.6 Å². The van der Waals surface area contributed by atoms with Gasteiger partial charge in [0.05, 0.1) is 5.54 Å². The van der Waals surface area contributed by atoms with Crippen LogP contribution < -0.4 is 5.56 Å². The topological polar surface area (TPSA) is 82.9 Å². The molecular formula is C27H39N7O. The molecule has 0 amide bonds. The van der Waals surface area contributed by atoms with Crippen molar-refractivity contribution in [2.24, 2.45) is 0 Å². The molecule has 0 radical (unpaired) electrons. The number of H-pyrrole nitrogens is 1. The number of hydrogen-bond acceptors (Lipinski definition) is 6. The number of aryl methyl sites for hydroxylation is 1. The first-order valence-electron chi connectivity index (χ1n) is 13.3. The van der Waals surface area contributed by atoms with Crippen molar-refractivity contribution in [2.45, 2.75) is 83.8 Å². The summed E-state index contributed by atoms with van der Waals surface area (Å²) in [6.45, 7) is 12.3. The number of nitrogens with one attached hydrogen (secondary N) is 1. The maximum absolute atomic E-state index is 13.5. The Morgan fingerprint density at radius 2 is 1.80 bits per heavy atom. The fraction of sp³-hybridized carbons (Fsp3) is 0.630. The van der Waals surface area contributed by atoms with E-state index < -0.39 is 0 Å². The van der Waals surface area contributed by atoms with Crippen molar-refractivity contribution in [1.82, 2.24) is 35.0 Å². The van der Waals surface area contributed by atoms with E-state index in [1.807, 2.05) is 10.7 Å². The molecule has 1 unspecified atom stereocenters. The van der Waals surface area contributed by atoms with Crippen LogP contribution in [0.15, 0.2) is 29.1 Å². The normalized spacial score (nSPS) is 19.9. The van der Waals surface area contributed by atoms with E-state index in [1.54, 1.807) is 0 Å². The van der Waals surface area contributed by atoms with Gasteiger partial charge in [0.25, 0.3) is 5.56 Å². The molecule has 8 nitrogen and oxygen atoms in total. The van der Waals surface area contributed by atoms with Crippen molar-refractivity contribution in [3.63, 3.8) is 0 Å². The smallest absolute Gasteiger partial charge is 0.253 e. The zero-order valence-corrected chi connectivity index (χ0v) is 21.6. The molecule has 2 aromatic heterocycles. The molecule has 3 heterocycles. The number of piperazine rings is 1. The van der Waals surface area contributed by atoms with Gasteiger partial charge in [-0.05, 0) is 79.6 Å². The second-order valence-electron chi connectivity index (χ2n) is 11.2. The Balaban J connectivity index is 1.53. The number of nitrogens with zero attached hydrogens (tertiary/aromatic N) is 6. The molecule has 1 N–H and O–H groups in total. The summed E-state index contributed by atoms with van der Waals surface area (Å²) >= 11 is 0. The number of pyridine rings is 1. The van der Waals surface area contributed by atoms with Crippen LogP contribution >= 0.6 is 0 Å². The molecule has 8 heteroatoms. The summed E-state index contributed by atoms with van der Waals surface area (Å²) in [7, 11) is 0. The van der Waals surface area contributed by atoms with E-state index in [4.69, 9.17) is 0 Å². The monoisotopic (exact) mass is 477 g/mol. The van der Waals surface area contributed by atoms with Gasteiger partial charge in [-0.2, -0.15) is 0 Å². The number of tetrazole rings is 1. The summed E-state index contributed by atoms with van der Waals surface area (Å²) < 4.78 is 1.89. The van der Waals surface area contributed by atoms with Crippen molar-refractivity contribution in [2.75, 3.05) is 26.2 Å². The predicted molar refractivity (Wildman–Crippen MR) is 139 cm³/mol. The molecule has 1 saturated carbocycles. The van der Waals surface area contributed by atoms with Gasteiger partial charge >= 0.3 is 0 Å². The molecule has 3 aromatic rings. The Bertz CT molecular complexity index is 1210. The Labute approximate surface area is 207 Å². The highest BCUT2D eigenvalue weighted by molar-refractivity contribution is 5.80. The number of benzene rings is 1. The average molecular weight is 478 g/mol. The Morgan fingerprint density at radius 3 is 2.49 bits per heavy atom. The average Bonchev–Trinajstić information content (AvgIpc) is 3.35. The lowest BCUT2D eigenvalue weighted by Crippen LogP contribution is -2.52. The fourth-order valence-corrected chi connectivity index (χ4v) is 5.84. The predicted octanol–water partition coefficient (Wildman–Crippen LogP) is 3.87. The van der Waals surface area contributed by atoms with E-state index in [9.17, 15) is 4.79 Å². The first-order chi connectivity index (χ1) is 16.8. The third-order valence-electron chi connectivity index (χ3n) is 7.82. The lowest BCUT2D eigenvalue weighted by Gasteiger charge is -2.43. The van der Waals surface area contributed by atoms with Gasteiger partial charge in [-0.15, -0.1) is 5.10 Å². The van der Waals surface area contributed by atoms with Crippen LogP contribution in [0, 0.1) is 0 Å². The standard InChI is InChI=1S/C27H39N7O/c1-5-19-11-12-23-20(17-19)18-22(26(35)28-23)24(25-29-30-31-34(25)27(2,3)4)33-15-13-32(14-16-33)21-9-7-6-8-10-21/h11-12,17-18,21,24H,5-10,13-16H2,1-4H3,(H,28,35). The molecule has 0 bridgehead atoms. The van der Waals surface area contributed by atoms with Gasteiger partial charge in [0.2, 0.25) is 0 Å². The third kappa shape index (κ3) is 4.91. The molecule has 0 spiro atoms. The van der Waals surface area contributed by atoms with E-state index in [-0.39, 0.29) is 17.1 Å². The van der Waals surface area contributed by atoms with Gasteiger partial charge in [0.1, 0.15) is 6.04 Å². The summed E-state index contributed by atoms with van der Waals surface area (Å²) in [5.41, 5.74) is 2.49. The highest BCUT2D eigenvalue weighted by Crippen LogP contribution is 2.31. The van der Waals surface area contributed by atoms with Gasteiger partial charge in [-0.1, -0.05) is 32.3 Å². The van der Waals surface area contributed by atoms with E-state index in [2.05, 4.69) is 76.2 Å². The lowest BCUT2D eigenvalue weighted by atomic mass is 9.93. The molecule has 2 fully saturated rings. The molecular weight excluding hydrogens is 438 g/mol. The van der Waals surface area contributed by atoms with Crippen molar-refractivity contribution >= 4 is 10.9 Å². The molecule has 1 aliphatic carbocycles. The number of fused-ring (bicyclic) bond motifs is 1. The van der Waals surface area contributed by atoms with Crippen LogP contribution in [0.25, 0.3) is 10.9 Å². The van der Waals surface area contributed by atoms with Crippen molar-refractivity contribution in [3.8, 4) is 0 Å². The number of rotatable bonds is 5. The first-order valence-corrected chi connectivity index (χ1v) is 13.3. The number of aromatic amines is 1. The second-order valence-corrected chi connectivity index (χ2v) is 11.2. The summed E-state index contributed by atoms with van der Waals surface area (Å²) in [6.07, 6.45) is 7.66. The molecule has 35 heavy (non-hydrogen) atoms. The van der Waals surface area contributed by atoms with Crippen LogP contribution in [0.3, 0.4) is 0 Å². The lowest BCUT2D eigenvalue weighted by molar-refractivity contribution is 0.0606. The summed E-state index contributed by atoms with van der Waals surface area (Å²) in [6, 6.07) is 8.75. The molecule has 1 saturated heterocycles. The second kappa shape index (κ2) is 9.82. The zero-order chi connectivity index (χ0) is 24.6. The molecule has 1 aromatic carbocycles. The van der Waals surface area contributed by atoms with E-state index >= 15 is 0 Å². The number of aromatic nitrogens is 5. The molecule has 188 valence electrons. The van der Waals surface area contributed by atoms with E-state index in [0.29, 0.717) is 6.04 Å². The minimum absolute atomic E-state index is 0.0649. The van der Waals surface area contributed by atoms with Crippen LogP contribution in [0.4, 0.5) is 0 Å². The highest BCUT2D eigenvalue weighted by Gasteiger charge is 2.36. The summed E-state index contributed by atoms with van der Waals surface area (Å²) in [4.78, 5) is 21.7. The van der Waals surface area contributed by atoms with Crippen LogP contribution in [0.5, 0.6) is 0 Å². The quantitative estimate of drug-likeness (QED) is 0.601. The molecule has 1 atom stereocenters. The molecule has 5 rings (SSSR count). The van der Waals surface area contributed by atoms with E-state index in [1.165, 1.54) is 37.7 Å². The summed E-state index contributed by atoms with van der Waals surface area (Å²) in [5, 5.41) is 13.9. The Morgan fingerprint density at radius 1 is 1.06 bits per heavy atom. The minimum Gasteiger partial charge on any atom is -0.322 e. The number of hydrogen-bond donors (Lipinski definition) is 1. The first kappa shape index (κ1) is 24.1. The SMILES string of the molecule is CCc1ccc2[nH]c(=O)c(C(c3nnnn3C(C)(C)C)N3CCN(C4CCCCC4)CC3)cc2c1. The van der Waals surface area contributed by atoms with Gasteiger partial charge < -0.3 is 4.98 Å². The van der Waals surface area contributed by atoms with Crippen LogP contribution in [-0.4, -0.2) is 67.2 Å². The Hall–Kier alpha value is -2.58. The van der Waals surface area contributed by atoms with Gasteiger partial charge in [-0.25, -0.2) is 4.68 Å². The molecule has 1 aliphatic heterocycles. The van der Waals surface area contributed by atoms with Gasteiger partial charge in [0, 0.05) is 43.3 Å². The fourth-order valence-electron chi connectivity index (χ4n) is 5.84. The van der Waals surface area contributed by atoms with Crippen LogP contribution in [0.2, 0.25) is 0 Å². The van der Waals surface area contributed by atoms with E-state index in [0.717, 1.165) is 54.9 Å². The maximum Gasteiger partial charge on any atom is 0.253 e. The third-order valence-corrected chi connectivity index (χ3v) is 7.82. The van der Waals surface area contributed by atoms with Crippen LogP contribution in [0.1, 0.15) is 82.8 Å². The molecule has 2 aliphatic rings. The van der Waals surface area contributed by atoms with Crippen molar-refractivity contribution in [3.05, 3.63) is 51.6 Å². The highest BCUT2D eigenvalue weighted by atomic mass is 16.1. The summed E-state index contributed by atoms with van der Waals surface area (Å²) in [5.74, 6) is 0.736. The minimum atomic E-state index is -0.295. The largest absolute Gasteiger partial charge is 0.322 e. The van der Waals surface area contributed by atoms with Crippen molar-refractivity contribution < 1.29 is 0 Å². The maximum atomic E-state index is 13.5.